The zero-order chi connectivity index (χ0) is 29.3. The van der Waals surface area contributed by atoms with E-state index in [9.17, 15) is 18.4 Å². The van der Waals surface area contributed by atoms with Gasteiger partial charge in [0.25, 0.3) is 11.5 Å². The molecule has 2 aromatic carbocycles. The third kappa shape index (κ3) is 5.31. The summed E-state index contributed by atoms with van der Waals surface area (Å²) in [5.41, 5.74) is 5.96. The summed E-state index contributed by atoms with van der Waals surface area (Å²) < 4.78 is 44.8. The molecule has 0 saturated carbocycles. The Labute approximate surface area is 230 Å². The van der Waals surface area contributed by atoms with Crippen molar-refractivity contribution >= 4 is 29.7 Å². The highest BCUT2D eigenvalue weighted by Crippen LogP contribution is 2.41. The quantitative estimate of drug-likeness (QED) is 0.318. The molecule has 9 nitrogen and oxygen atoms in total. The Morgan fingerprint density at radius 1 is 1.18 bits per heavy atom. The molecule has 212 valence electrons. The van der Waals surface area contributed by atoms with Gasteiger partial charge in [-0.05, 0) is 44.9 Å². The second-order valence-corrected chi connectivity index (χ2v) is 10.0. The highest BCUT2D eigenvalue weighted by molar-refractivity contribution is 6.05. The highest BCUT2D eigenvalue weighted by Gasteiger charge is 2.33. The van der Waals surface area contributed by atoms with Crippen LogP contribution in [0, 0.1) is 30.3 Å². The van der Waals surface area contributed by atoms with Gasteiger partial charge >= 0.3 is 0 Å². The fourth-order valence-corrected chi connectivity index (χ4v) is 5.11. The monoisotopic (exact) mass is 555 g/mol. The number of nitrogens with two attached hydrogens (primary N) is 1. The number of rotatable bonds is 8. The van der Waals surface area contributed by atoms with Crippen LogP contribution in [-0.2, 0) is 0 Å². The first-order valence-corrected chi connectivity index (χ1v) is 12.9. The molecule has 2 heterocycles. The number of hydrogen-bond acceptors (Lipinski definition) is 7. The molecule has 0 aliphatic carbocycles. The number of carbonyl (C=O) groups is 1. The molecule has 40 heavy (non-hydrogen) atoms. The topological polar surface area (TPSA) is 109 Å². The van der Waals surface area contributed by atoms with Gasteiger partial charge < -0.3 is 16.0 Å². The van der Waals surface area contributed by atoms with Crippen molar-refractivity contribution in [3.63, 3.8) is 0 Å². The normalized spacial score (nSPS) is 16.9. The zero-order valence-corrected chi connectivity index (χ0v) is 22.8. The van der Waals surface area contributed by atoms with Gasteiger partial charge in [0.15, 0.2) is 17.5 Å². The molecule has 0 unspecified atom stereocenters. The van der Waals surface area contributed by atoms with Crippen LogP contribution >= 0.6 is 0 Å². The Kier molecular flexibility index (Phi) is 8.29. The molecule has 1 fully saturated rings. The van der Waals surface area contributed by atoms with E-state index in [1.54, 1.807) is 6.92 Å². The summed E-state index contributed by atoms with van der Waals surface area (Å²) in [5, 5.41) is 12.1. The van der Waals surface area contributed by atoms with Crippen molar-refractivity contribution in [2.75, 3.05) is 28.3 Å². The summed E-state index contributed by atoms with van der Waals surface area (Å²) in [6.45, 7) is 12.1. The maximum Gasteiger partial charge on any atom is 0.276 e. The molecule has 3 aromatic rings. The minimum atomic E-state index is -1.02. The van der Waals surface area contributed by atoms with Crippen molar-refractivity contribution in [1.29, 1.82) is 0 Å². The van der Waals surface area contributed by atoms with Crippen LogP contribution in [-0.4, -0.2) is 47.6 Å². The van der Waals surface area contributed by atoms with Crippen molar-refractivity contribution in [3.05, 3.63) is 75.5 Å². The average molecular weight is 556 g/mol. The Balaban J connectivity index is 1.80. The van der Waals surface area contributed by atoms with E-state index in [0.29, 0.717) is 29.0 Å². The van der Waals surface area contributed by atoms with Crippen LogP contribution in [0.4, 0.5) is 30.2 Å². The van der Waals surface area contributed by atoms with Crippen LogP contribution < -0.4 is 26.5 Å². The number of benzene rings is 2. The van der Waals surface area contributed by atoms with Gasteiger partial charge in [-0.2, -0.15) is 14.9 Å². The van der Waals surface area contributed by atoms with E-state index >= 15 is 4.39 Å². The number of carbonyl (C=O) groups excluding carboxylic acids is 1. The Hall–Kier alpha value is -4.19. The van der Waals surface area contributed by atoms with Gasteiger partial charge in [0.05, 0.1) is 11.4 Å². The van der Waals surface area contributed by atoms with Crippen LogP contribution in [0.1, 0.15) is 43.2 Å². The third-order valence-corrected chi connectivity index (χ3v) is 7.10. The molecule has 0 spiro atoms. The average Bonchev–Trinajstić information content (AvgIpc) is 3.26. The van der Waals surface area contributed by atoms with E-state index in [2.05, 4.69) is 22.2 Å². The molecule has 1 amide bonds. The summed E-state index contributed by atoms with van der Waals surface area (Å²) in [6, 6.07) is 6.06. The summed E-state index contributed by atoms with van der Waals surface area (Å²) in [6.07, 6.45) is 0.844. The molecule has 0 bridgehead atoms. The number of hydrazone groups is 1. The van der Waals surface area contributed by atoms with Crippen molar-refractivity contribution in [3.8, 4) is 5.69 Å². The largest absolute Gasteiger partial charge is 0.368 e. The molecule has 0 radical (unpaired) electrons. The van der Waals surface area contributed by atoms with Gasteiger partial charge in [0.1, 0.15) is 17.1 Å². The third-order valence-electron chi connectivity index (χ3n) is 7.10. The van der Waals surface area contributed by atoms with Gasteiger partial charge in [-0.15, -0.1) is 0 Å². The summed E-state index contributed by atoms with van der Waals surface area (Å²) in [4.78, 5) is 27.8. The van der Waals surface area contributed by atoms with E-state index in [1.165, 1.54) is 11.1 Å². The lowest BCUT2D eigenvalue weighted by molar-refractivity contribution is 0.102. The van der Waals surface area contributed by atoms with Gasteiger partial charge in [-0.1, -0.05) is 19.4 Å². The van der Waals surface area contributed by atoms with E-state index < -0.39 is 34.6 Å². The Morgan fingerprint density at radius 3 is 2.42 bits per heavy atom. The fraction of sp³-hybridized carbons (Fsp3) is 0.357. The molecular weight excluding hydrogens is 523 g/mol. The van der Waals surface area contributed by atoms with Gasteiger partial charge in [0, 0.05) is 49.6 Å². The molecule has 1 aliphatic rings. The minimum absolute atomic E-state index is 0.124. The lowest BCUT2D eigenvalue weighted by Gasteiger charge is -2.31. The van der Waals surface area contributed by atoms with Gasteiger partial charge in [-0.3, -0.25) is 14.6 Å². The van der Waals surface area contributed by atoms with E-state index in [4.69, 9.17) is 5.73 Å². The summed E-state index contributed by atoms with van der Waals surface area (Å²) in [7, 11) is 0. The molecule has 1 aliphatic heterocycles. The Morgan fingerprint density at radius 2 is 1.85 bits per heavy atom. The predicted octanol–water partition coefficient (Wildman–Crippen LogP) is 4.21. The van der Waals surface area contributed by atoms with Crippen LogP contribution in [0.25, 0.3) is 5.69 Å². The summed E-state index contributed by atoms with van der Waals surface area (Å²) >= 11 is 0. The number of anilines is 3. The van der Waals surface area contributed by atoms with Gasteiger partial charge in [-0.25, -0.2) is 13.2 Å². The lowest BCUT2D eigenvalue weighted by atomic mass is 10.0. The minimum Gasteiger partial charge on any atom is -0.368 e. The van der Waals surface area contributed by atoms with Crippen molar-refractivity contribution in [1.82, 2.24) is 9.78 Å². The maximum atomic E-state index is 15.6. The summed E-state index contributed by atoms with van der Waals surface area (Å²) in [5.74, 6) is -3.31. The van der Waals surface area contributed by atoms with Crippen molar-refractivity contribution in [2.24, 2.45) is 16.8 Å². The van der Waals surface area contributed by atoms with Crippen LogP contribution in [0.15, 0.2) is 46.3 Å². The molecule has 1 saturated heterocycles. The molecular formula is C28H32F3N7O2. The smallest absolute Gasteiger partial charge is 0.276 e. The van der Waals surface area contributed by atoms with E-state index in [1.807, 2.05) is 25.7 Å². The second kappa shape index (κ2) is 11.5. The van der Waals surface area contributed by atoms with Gasteiger partial charge in [0.2, 0.25) is 0 Å². The predicted molar refractivity (Wildman–Crippen MR) is 150 cm³/mol. The molecule has 3 N–H and O–H groups in total. The number of hydrogen-bond donors (Lipinski definition) is 2. The lowest BCUT2D eigenvalue weighted by Crippen LogP contribution is -2.31. The molecule has 4 rings (SSSR count). The SMILES string of the molecule is C=NN(c1c(F)cc(NC(=O)c2ccc(=O)n(-c3c(F)cccc3F)n2)c(N2C[C@H](CC)[C@H](N)C2)c1C)C(C)C. The van der Waals surface area contributed by atoms with E-state index in [-0.39, 0.29) is 35.1 Å². The number of aromatic nitrogens is 2. The van der Waals surface area contributed by atoms with Crippen molar-refractivity contribution in [2.45, 2.75) is 46.2 Å². The zero-order valence-electron chi connectivity index (χ0n) is 22.8. The van der Waals surface area contributed by atoms with Crippen LogP contribution in [0.2, 0.25) is 0 Å². The van der Waals surface area contributed by atoms with Crippen LogP contribution in [0.5, 0.6) is 0 Å². The maximum absolute atomic E-state index is 15.6. The standard InChI is InChI=1S/C28H32F3N7O2/c1-6-17-13-36(14-21(17)32)26-16(4)25(37(33-5)15(2)3)20(31)12-23(26)34-28(40)22-10-11-24(39)38(35-22)27-18(29)8-7-9-19(27)30/h7-12,15,17,21H,5-6,13-14,32H2,1-4H3,(H,34,40)/t17-,21+/m0/s1. The first-order valence-electron chi connectivity index (χ1n) is 12.9. The first-order chi connectivity index (χ1) is 19.0. The van der Waals surface area contributed by atoms with Crippen LogP contribution in [0.3, 0.4) is 0 Å². The number of amides is 1. The van der Waals surface area contributed by atoms with E-state index in [0.717, 1.165) is 36.8 Å². The molecule has 12 heteroatoms. The highest BCUT2D eigenvalue weighted by atomic mass is 19.1. The second-order valence-electron chi connectivity index (χ2n) is 10.0. The Bertz CT molecular complexity index is 1490. The number of para-hydroxylation sites is 1. The fourth-order valence-electron chi connectivity index (χ4n) is 5.11. The number of nitrogens with zero attached hydrogens (tertiary/aromatic N) is 5. The number of nitrogens with one attached hydrogen (secondary N) is 1. The molecule has 2 atom stereocenters. The van der Waals surface area contributed by atoms with Crippen molar-refractivity contribution < 1.29 is 18.0 Å². The molecule has 1 aromatic heterocycles. The first kappa shape index (κ1) is 28.8. The number of halogens is 3.